The molecular weight excluding hydrogens is 647 g/mol. The predicted molar refractivity (Wildman–Crippen MR) is 150 cm³/mol. The van der Waals surface area contributed by atoms with Crippen LogP contribution in [0.1, 0.15) is 50.0 Å². The number of Topliss-reactive ketones (excluding diaryl/α,β-unsaturated/α-hetero) is 2. The first-order chi connectivity index (χ1) is 17.7. The minimum absolute atomic E-state index is 0.0789. The lowest BCUT2D eigenvalue weighted by Crippen LogP contribution is -2.36. The van der Waals surface area contributed by atoms with Crippen molar-refractivity contribution in [2.75, 3.05) is 11.9 Å². The Morgan fingerprint density at radius 3 is 2.08 bits per heavy atom. The van der Waals surface area contributed by atoms with Gasteiger partial charge in [0.05, 0.1) is 19.0 Å². The van der Waals surface area contributed by atoms with E-state index in [1.165, 1.54) is 0 Å². The number of anilines is 1. The fraction of sp³-hybridized carbons (Fsp3) is 0.296. The number of rotatable bonds is 5. The third-order valence-corrected chi connectivity index (χ3v) is 8.61. The third-order valence-electron chi connectivity index (χ3n) is 6.70. The Kier molecular flexibility index (Phi) is 7.82. The predicted octanol–water partition coefficient (Wildman–Crippen LogP) is 7.24. The van der Waals surface area contributed by atoms with Crippen molar-refractivity contribution in [3.8, 4) is 5.75 Å². The molecular formula is C27H22Br2Cl2N2O4. The summed E-state index contributed by atoms with van der Waals surface area (Å²) in [6.45, 7) is -0.244. The molecule has 0 fully saturated rings. The SMILES string of the molecule is O=C(COc1c(Br)cc(C2C3=C(CCCC3=O)NC3=C2C(=O)CCC3)cc1Br)Nc1ccc(Cl)c(Cl)c1. The van der Waals surface area contributed by atoms with E-state index in [9.17, 15) is 14.4 Å². The van der Waals surface area contributed by atoms with E-state index < -0.39 is 5.92 Å². The molecule has 5 rings (SSSR count). The number of carbonyl (C=O) groups excluding carboxylic acids is 3. The van der Waals surface area contributed by atoms with Gasteiger partial charge in [-0.3, -0.25) is 14.4 Å². The van der Waals surface area contributed by atoms with Crippen molar-refractivity contribution in [2.45, 2.75) is 44.4 Å². The molecule has 1 amide bonds. The van der Waals surface area contributed by atoms with Crippen molar-refractivity contribution in [3.05, 3.63) is 77.4 Å². The Morgan fingerprint density at radius 2 is 1.51 bits per heavy atom. The average Bonchev–Trinajstić information content (AvgIpc) is 2.85. The van der Waals surface area contributed by atoms with Gasteiger partial charge in [-0.1, -0.05) is 23.2 Å². The first-order valence-corrected chi connectivity index (χ1v) is 14.2. The highest BCUT2D eigenvalue weighted by Gasteiger charge is 2.40. The van der Waals surface area contributed by atoms with Crippen molar-refractivity contribution < 1.29 is 19.1 Å². The highest BCUT2D eigenvalue weighted by molar-refractivity contribution is 9.11. The normalized spacial score (nSPS) is 17.8. The van der Waals surface area contributed by atoms with E-state index in [0.29, 0.717) is 54.4 Å². The van der Waals surface area contributed by atoms with Gasteiger partial charge in [-0.25, -0.2) is 0 Å². The van der Waals surface area contributed by atoms with Crippen LogP contribution in [0, 0.1) is 0 Å². The Bertz CT molecular complexity index is 1340. The fourth-order valence-electron chi connectivity index (χ4n) is 5.11. The van der Waals surface area contributed by atoms with E-state index in [4.69, 9.17) is 27.9 Å². The number of halogens is 4. The molecule has 0 atom stereocenters. The second kappa shape index (κ2) is 10.9. The van der Waals surface area contributed by atoms with E-state index in [1.54, 1.807) is 18.2 Å². The number of hydrogen-bond donors (Lipinski definition) is 2. The first kappa shape index (κ1) is 26.5. The smallest absolute Gasteiger partial charge is 0.262 e. The summed E-state index contributed by atoms with van der Waals surface area (Å²) in [5, 5.41) is 6.88. The van der Waals surface area contributed by atoms with Crippen LogP contribution in [0.25, 0.3) is 0 Å². The molecule has 2 aromatic carbocycles. The van der Waals surface area contributed by atoms with Crippen molar-refractivity contribution in [2.24, 2.45) is 0 Å². The highest BCUT2D eigenvalue weighted by Crippen LogP contribution is 2.47. The van der Waals surface area contributed by atoms with E-state index in [0.717, 1.165) is 42.6 Å². The molecule has 0 unspecified atom stereocenters. The standard InChI is InChI=1S/C27H22Br2Cl2N2O4/c28-15-9-13(10-16(29)27(15)37-12-23(36)32-14-7-8-17(30)18(31)11-14)24-25-19(3-1-5-21(25)34)33-20-4-2-6-22(35)26(20)24/h7-11,24,33H,1-6,12H2,(H,32,36). The van der Waals surface area contributed by atoms with Crippen LogP contribution >= 0.6 is 55.1 Å². The molecule has 3 aliphatic rings. The van der Waals surface area contributed by atoms with Crippen LogP contribution in [0.4, 0.5) is 5.69 Å². The highest BCUT2D eigenvalue weighted by atomic mass is 79.9. The van der Waals surface area contributed by atoms with E-state index in [1.807, 2.05) is 12.1 Å². The van der Waals surface area contributed by atoms with Gasteiger partial charge < -0.3 is 15.4 Å². The van der Waals surface area contributed by atoms with Crippen molar-refractivity contribution in [1.29, 1.82) is 0 Å². The molecule has 0 radical (unpaired) electrons. The van der Waals surface area contributed by atoms with Gasteiger partial charge in [0.1, 0.15) is 5.75 Å². The number of benzene rings is 2. The van der Waals surface area contributed by atoms with Gasteiger partial charge in [0, 0.05) is 47.0 Å². The number of carbonyl (C=O) groups is 3. The number of hydrogen-bond acceptors (Lipinski definition) is 5. The number of ketones is 2. The summed E-state index contributed by atoms with van der Waals surface area (Å²) >= 11 is 19.1. The quantitative estimate of drug-likeness (QED) is 0.351. The number of ether oxygens (including phenoxy) is 1. The summed E-state index contributed by atoms with van der Waals surface area (Å²) in [7, 11) is 0. The van der Waals surface area contributed by atoms with Crippen molar-refractivity contribution in [1.82, 2.24) is 5.32 Å². The van der Waals surface area contributed by atoms with E-state index in [-0.39, 0.29) is 24.1 Å². The van der Waals surface area contributed by atoms with Crippen LogP contribution in [0.5, 0.6) is 5.75 Å². The zero-order valence-corrected chi connectivity index (χ0v) is 24.2. The minimum Gasteiger partial charge on any atom is -0.481 e. The monoisotopic (exact) mass is 666 g/mol. The molecule has 0 bridgehead atoms. The molecule has 1 heterocycles. The third kappa shape index (κ3) is 5.39. The van der Waals surface area contributed by atoms with E-state index in [2.05, 4.69) is 42.5 Å². The molecule has 0 saturated heterocycles. The lowest BCUT2D eigenvalue weighted by Gasteiger charge is -2.37. The minimum atomic E-state index is -0.425. The Balaban J connectivity index is 1.41. The zero-order valence-electron chi connectivity index (χ0n) is 19.6. The van der Waals surface area contributed by atoms with Crippen molar-refractivity contribution >= 4 is 78.2 Å². The molecule has 6 nitrogen and oxygen atoms in total. The van der Waals surface area contributed by atoms with Gasteiger partial charge >= 0.3 is 0 Å². The Hall–Kier alpha value is -2.13. The van der Waals surface area contributed by atoms with Crippen LogP contribution in [0.3, 0.4) is 0 Å². The van der Waals surface area contributed by atoms with Crippen LogP contribution in [-0.4, -0.2) is 24.1 Å². The maximum Gasteiger partial charge on any atom is 0.262 e. The Morgan fingerprint density at radius 1 is 0.919 bits per heavy atom. The summed E-state index contributed by atoms with van der Waals surface area (Å²) in [5.74, 6) is -0.197. The summed E-state index contributed by atoms with van der Waals surface area (Å²) in [6.07, 6.45) is 4.15. The number of amides is 1. The first-order valence-electron chi connectivity index (χ1n) is 11.9. The molecule has 10 heteroatoms. The van der Waals surface area contributed by atoms with Crippen molar-refractivity contribution in [3.63, 3.8) is 0 Å². The van der Waals surface area contributed by atoms with Gasteiger partial charge in [0.15, 0.2) is 18.2 Å². The molecule has 0 spiro atoms. The largest absolute Gasteiger partial charge is 0.481 e. The maximum absolute atomic E-state index is 13.1. The summed E-state index contributed by atoms with van der Waals surface area (Å²) in [5.41, 5.74) is 4.56. The lowest BCUT2D eigenvalue weighted by atomic mass is 9.71. The molecule has 2 aromatic rings. The van der Waals surface area contributed by atoms with Crippen LogP contribution in [-0.2, 0) is 14.4 Å². The maximum atomic E-state index is 13.1. The van der Waals surface area contributed by atoms with Crippen LogP contribution in [0.15, 0.2) is 61.8 Å². The van der Waals surface area contributed by atoms with E-state index >= 15 is 0 Å². The van der Waals surface area contributed by atoms with Gasteiger partial charge in [-0.2, -0.15) is 0 Å². The number of allylic oxidation sites excluding steroid dienone is 4. The average molecular weight is 669 g/mol. The van der Waals surface area contributed by atoms with Gasteiger partial charge in [-0.05, 0) is 93.4 Å². The second-order valence-electron chi connectivity index (χ2n) is 9.18. The molecule has 37 heavy (non-hydrogen) atoms. The molecule has 2 N–H and O–H groups in total. The number of dihydropyridines is 1. The molecule has 1 aliphatic heterocycles. The zero-order chi connectivity index (χ0) is 26.3. The molecule has 192 valence electrons. The second-order valence-corrected chi connectivity index (χ2v) is 11.7. The van der Waals surface area contributed by atoms with Crippen LogP contribution in [0.2, 0.25) is 10.0 Å². The topological polar surface area (TPSA) is 84.5 Å². The van der Waals surface area contributed by atoms with Gasteiger partial charge in [0.25, 0.3) is 5.91 Å². The molecule has 0 saturated carbocycles. The summed E-state index contributed by atoms with van der Waals surface area (Å²) in [6, 6.07) is 8.55. The van der Waals surface area contributed by atoms with Gasteiger partial charge in [0.2, 0.25) is 0 Å². The number of nitrogens with one attached hydrogen (secondary N) is 2. The fourth-order valence-corrected chi connectivity index (χ4v) is 6.86. The summed E-state index contributed by atoms with van der Waals surface area (Å²) < 4.78 is 7.03. The Labute approximate surface area is 241 Å². The summed E-state index contributed by atoms with van der Waals surface area (Å²) in [4.78, 5) is 38.6. The molecule has 2 aliphatic carbocycles. The molecule has 0 aromatic heterocycles. The lowest BCUT2D eigenvalue weighted by molar-refractivity contribution is -0.118. The van der Waals surface area contributed by atoms with Gasteiger partial charge in [-0.15, -0.1) is 0 Å². The van der Waals surface area contributed by atoms with Crippen LogP contribution < -0.4 is 15.4 Å².